The minimum atomic E-state index is -0.319. The Morgan fingerprint density at radius 3 is 2.61 bits per heavy atom. The van der Waals surface area contributed by atoms with Gasteiger partial charge in [0.2, 0.25) is 5.91 Å². The van der Waals surface area contributed by atoms with Crippen LogP contribution in [-0.4, -0.2) is 22.2 Å². The molecule has 1 heterocycles. The summed E-state index contributed by atoms with van der Waals surface area (Å²) in [6.07, 6.45) is 4.57. The van der Waals surface area contributed by atoms with Gasteiger partial charge in [0.1, 0.15) is 0 Å². The Kier molecular flexibility index (Phi) is 6.14. The molecule has 0 aliphatic carbocycles. The summed E-state index contributed by atoms with van der Waals surface area (Å²) < 4.78 is 1.21. The van der Waals surface area contributed by atoms with Crippen molar-refractivity contribution in [3.05, 3.63) is 45.0 Å². The molecule has 2 rings (SSSR count). The van der Waals surface area contributed by atoms with Crippen LogP contribution >= 0.6 is 0 Å². The number of H-pyrrole nitrogens is 1. The van der Waals surface area contributed by atoms with Crippen molar-refractivity contribution >= 4 is 16.7 Å². The summed E-state index contributed by atoms with van der Waals surface area (Å²) in [7, 11) is 0. The van der Waals surface area contributed by atoms with E-state index in [1.54, 1.807) is 24.3 Å². The minimum absolute atomic E-state index is 0.109. The summed E-state index contributed by atoms with van der Waals surface area (Å²) in [5, 5.41) is 6.10. The van der Waals surface area contributed by atoms with Gasteiger partial charge in [-0.05, 0) is 18.6 Å². The van der Waals surface area contributed by atoms with E-state index in [0.29, 0.717) is 17.3 Å². The third kappa shape index (κ3) is 4.55. The number of aromatic amines is 1. The van der Waals surface area contributed by atoms with E-state index in [1.165, 1.54) is 11.1 Å². The molecule has 0 fully saturated rings. The maximum Gasteiger partial charge on any atom is 0.273 e. The smallest absolute Gasteiger partial charge is 0.273 e. The molecule has 1 aromatic heterocycles. The number of carbonyl (C=O) groups is 1. The van der Waals surface area contributed by atoms with Crippen LogP contribution in [0.5, 0.6) is 0 Å². The molecule has 0 saturated carbocycles. The molecule has 0 radical (unpaired) electrons. The predicted molar refractivity (Wildman–Crippen MR) is 90.6 cm³/mol. The van der Waals surface area contributed by atoms with E-state index in [9.17, 15) is 14.4 Å². The zero-order valence-electron chi connectivity index (χ0n) is 13.4. The molecule has 23 heavy (non-hydrogen) atoms. The van der Waals surface area contributed by atoms with E-state index >= 15 is 0 Å². The van der Waals surface area contributed by atoms with Crippen molar-refractivity contribution in [1.29, 1.82) is 0 Å². The number of hydrogen-bond donors (Lipinski definition) is 2. The van der Waals surface area contributed by atoms with Crippen molar-refractivity contribution in [1.82, 2.24) is 15.1 Å². The van der Waals surface area contributed by atoms with E-state index in [4.69, 9.17) is 0 Å². The first-order chi connectivity index (χ1) is 11.1. The summed E-state index contributed by atoms with van der Waals surface area (Å²) in [6.45, 7) is 2.96. The van der Waals surface area contributed by atoms with Gasteiger partial charge in [-0.15, -0.1) is 0 Å². The van der Waals surface area contributed by atoms with Gasteiger partial charge in [-0.3, -0.25) is 19.5 Å². The van der Waals surface area contributed by atoms with Crippen LogP contribution in [0.3, 0.4) is 0 Å². The normalized spacial score (nSPS) is 10.8. The van der Waals surface area contributed by atoms with Gasteiger partial charge in [0.05, 0.1) is 17.3 Å². The number of unbranched alkanes of at least 4 members (excludes halogenated alkanes) is 3. The van der Waals surface area contributed by atoms with Crippen LogP contribution in [0.15, 0.2) is 33.9 Å². The van der Waals surface area contributed by atoms with Gasteiger partial charge in [-0.2, -0.15) is 0 Å². The number of fused-ring (bicyclic) bond motifs is 1. The summed E-state index contributed by atoms with van der Waals surface area (Å²) >= 11 is 0. The second-order valence-electron chi connectivity index (χ2n) is 5.60. The Hall–Kier alpha value is -2.37. The lowest BCUT2D eigenvalue weighted by atomic mass is 10.2. The van der Waals surface area contributed by atoms with E-state index in [-0.39, 0.29) is 30.0 Å². The Morgan fingerprint density at radius 2 is 1.87 bits per heavy atom. The number of aromatic nitrogens is 2. The number of aryl methyl sites for hydroxylation is 1. The van der Waals surface area contributed by atoms with Crippen molar-refractivity contribution in [2.75, 3.05) is 6.54 Å². The molecule has 2 N–H and O–H groups in total. The van der Waals surface area contributed by atoms with Crippen LogP contribution < -0.4 is 16.4 Å². The number of nitrogens with zero attached hydrogens (tertiary/aromatic N) is 1. The van der Waals surface area contributed by atoms with Crippen molar-refractivity contribution in [2.45, 2.75) is 45.6 Å². The van der Waals surface area contributed by atoms with E-state index in [0.717, 1.165) is 19.3 Å². The number of hydrogen-bond acceptors (Lipinski definition) is 3. The largest absolute Gasteiger partial charge is 0.356 e. The molecule has 0 spiro atoms. The topological polar surface area (TPSA) is 84.0 Å². The zero-order valence-corrected chi connectivity index (χ0v) is 13.4. The van der Waals surface area contributed by atoms with Gasteiger partial charge >= 0.3 is 0 Å². The molecule has 6 nitrogen and oxygen atoms in total. The van der Waals surface area contributed by atoms with Crippen molar-refractivity contribution in [3.63, 3.8) is 0 Å². The van der Waals surface area contributed by atoms with Crippen LogP contribution in [0.2, 0.25) is 0 Å². The first-order valence-electron chi connectivity index (χ1n) is 8.12. The van der Waals surface area contributed by atoms with Gasteiger partial charge in [-0.1, -0.05) is 38.3 Å². The maximum atomic E-state index is 12.3. The number of carbonyl (C=O) groups excluding carboxylic acids is 1. The van der Waals surface area contributed by atoms with Crippen molar-refractivity contribution in [2.24, 2.45) is 0 Å². The summed E-state index contributed by atoms with van der Waals surface area (Å²) in [6, 6.07) is 6.67. The number of amides is 1. The number of benzene rings is 1. The van der Waals surface area contributed by atoms with Gasteiger partial charge in [-0.25, -0.2) is 4.68 Å². The molecule has 0 aliphatic rings. The summed E-state index contributed by atoms with van der Waals surface area (Å²) in [4.78, 5) is 36.0. The Labute approximate surface area is 134 Å². The van der Waals surface area contributed by atoms with Gasteiger partial charge < -0.3 is 5.32 Å². The number of nitrogens with one attached hydrogen (secondary N) is 2. The Balaban J connectivity index is 1.95. The fourth-order valence-electron chi connectivity index (χ4n) is 2.49. The number of rotatable bonds is 8. The molecule has 124 valence electrons. The van der Waals surface area contributed by atoms with E-state index in [1.807, 2.05) is 0 Å². The van der Waals surface area contributed by atoms with Gasteiger partial charge in [0.25, 0.3) is 11.1 Å². The van der Waals surface area contributed by atoms with Crippen LogP contribution in [-0.2, 0) is 11.3 Å². The predicted octanol–water partition coefficient (Wildman–Crippen LogP) is 1.78. The molecular weight excluding hydrogens is 294 g/mol. The van der Waals surface area contributed by atoms with Crippen molar-refractivity contribution in [3.8, 4) is 0 Å². The molecular formula is C17H23N3O3. The fraction of sp³-hybridized carbons (Fsp3) is 0.471. The van der Waals surface area contributed by atoms with Crippen molar-refractivity contribution < 1.29 is 4.79 Å². The first kappa shape index (κ1) is 17.0. The van der Waals surface area contributed by atoms with Gasteiger partial charge in [0.15, 0.2) is 0 Å². The highest BCUT2D eigenvalue weighted by molar-refractivity contribution is 5.80. The average Bonchev–Trinajstić information content (AvgIpc) is 2.56. The van der Waals surface area contributed by atoms with Crippen LogP contribution in [0.1, 0.15) is 39.0 Å². The molecule has 2 aromatic rings. The molecule has 1 amide bonds. The van der Waals surface area contributed by atoms with Gasteiger partial charge in [0, 0.05) is 13.0 Å². The quantitative estimate of drug-likeness (QED) is 0.728. The Morgan fingerprint density at radius 1 is 1.13 bits per heavy atom. The molecule has 0 bridgehead atoms. The monoisotopic (exact) mass is 317 g/mol. The highest BCUT2D eigenvalue weighted by Gasteiger charge is 2.08. The lowest BCUT2D eigenvalue weighted by Crippen LogP contribution is -2.32. The molecule has 6 heteroatoms. The minimum Gasteiger partial charge on any atom is -0.356 e. The molecule has 0 aliphatic heterocycles. The lowest BCUT2D eigenvalue weighted by Gasteiger charge is -2.08. The first-order valence-corrected chi connectivity index (χ1v) is 8.12. The molecule has 0 saturated heterocycles. The lowest BCUT2D eigenvalue weighted by molar-refractivity contribution is -0.121. The van der Waals surface area contributed by atoms with E-state index in [2.05, 4.69) is 17.3 Å². The fourth-order valence-corrected chi connectivity index (χ4v) is 2.49. The molecule has 0 atom stereocenters. The Bertz CT molecular complexity index is 776. The standard InChI is InChI=1S/C17H23N3O3/c1-2-3-4-7-11-18-15(21)10-12-20-17(23)14-9-6-5-8-13(14)16(22)19-20/h5-6,8-9H,2-4,7,10-12H2,1H3,(H,18,21)(H,19,22). The van der Waals surface area contributed by atoms with Crippen LogP contribution in [0.25, 0.3) is 10.8 Å². The summed E-state index contributed by atoms with van der Waals surface area (Å²) in [5.41, 5.74) is -0.601. The zero-order chi connectivity index (χ0) is 16.7. The average molecular weight is 317 g/mol. The third-order valence-corrected chi connectivity index (χ3v) is 3.80. The highest BCUT2D eigenvalue weighted by atomic mass is 16.2. The van der Waals surface area contributed by atoms with E-state index < -0.39 is 0 Å². The third-order valence-electron chi connectivity index (χ3n) is 3.80. The SMILES string of the molecule is CCCCCCNC(=O)CCn1[nH]c(=O)c2ccccc2c1=O. The maximum absolute atomic E-state index is 12.3. The second kappa shape index (κ2) is 8.31. The summed E-state index contributed by atoms with van der Waals surface area (Å²) in [5.74, 6) is -0.109. The van der Waals surface area contributed by atoms with Crippen LogP contribution in [0, 0.1) is 0 Å². The second-order valence-corrected chi connectivity index (χ2v) is 5.60. The van der Waals surface area contributed by atoms with Crippen LogP contribution in [0.4, 0.5) is 0 Å². The highest BCUT2D eigenvalue weighted by Crippen LogP contribution is 2.02. The molecule has 1 aromatic carbocycles. The molecule has 0 unspecified atom stereocenters.